The van der Waals surface area contributed by atoms with Crippen molar-refractivity contribution in [1.29, 1.82) is 0 Å². The first kappa shape index (κ1) is 14.0. The minimum Gasteiger partial charge on any atom is -0.394 e. The quantitative estimate of drug-likeness (QED) is 0.632. The third kappa shape index (κ3) is 3.48. The van der Waals surface area contributed by atoms with E-state index >= 15 is 0 Å². The summed E-state index contributed by atoms with van der Waals surface area (Å²) in [6, 6.07) is 2.83. The highest BCUT2D eigenvalue weighted by molar-refractivity contribution is 14.1. The second-order valence-electron chi connectivity index (χ2n) is 3.31. The maximum Gasteiger partial charge on any atom is 0.252 e. The fourth-order valence-corrected chi connectivity index (χ4v) is 2.12. The van der Waals surface area contributed by atoms with Gasteiger partial charge in [0.15, 0.2) is 0 Å². The third-order valence-corrected chi connectivity index (χ3v) is 3.89. The van der Waals surface area contributed by atoms with E-state index in [9.17, 15) is 4.79 Å². The van der Waals surface area contributed by atoms with Crippen LogP contribution >= 0.6 is 45.8 Å². The van der Waals surface area contributed by atoms with Crippen molar-refractivity contribution in [2.75, 3.05) is 6.61 Å². The van der Waals surface area contributed by atoms with Crippen molar-refractivity contribution in [2.45, 2.75) is 13.0 Å². The Morgan fingerprint density at radius 2 is 2.19 bits per heavy atom. The Hall–Kier alpha value is -0.0400. The van der Waals surface area contributed by atoms with Crippen molar-refractivity contribution in [1.82, 2.24) is 5.32 Å². The van der Waals surface area contributed by atoms with Gasteiger partial charge in [0.2, 0.25) is 0 Å². The van der Waals surface area contributed by atoms with Gasteiger partial charge in [0.05, 0.1) is 17.2 Å². The molecule has 6 heteroatoms. The van der Waals surface area contributed by atoms with Crippen LogP contribution in [0, 0.1) is 3.57 Å². The standard InChI is InChI=1S/C10H10Cl2INO2/c1-5(4-15)14-10(16)7-2-6(11)3-8(12)9(7)13/h2-3,5,15H,4H2,1H3,(H,14,16). The summed E-state index contributed by atoms with van der Waals surface area (Å²) in [6.45, 7) is 1.59. The van der Waals surface area contributed by atoms with E-state index in [2.05, 4.69) is 5.32 Å². The first-order chi connectivity index (χ1) is 7.45. The fourth-order valence-electron chi connectivity index (χ4n) is 1.07. The molecule has 1 aromatic carbocycles. The van der Waals surface area contributed by atoms with E-state index in [0.717, 1.165) is 0 Å². The first-order valence-corrected chi connectivity index (χ1v) is 6.35. The number of carbonyl (C=O) groups excluding carboxylic acids is 1. The summed E-state index contributed by atoms with van der Waals surface area (Å²) in [6.07, 6.45) is 0. The maximum atomic E-state index is 11.8. The van der Waals surface area contributed by atoms with E-state index in [1.165, 1.54) is 0 Å². The van der Waals surface area contributed by atoms with Gasteiger partial charge in [-0.2, -0.15) is 0 Å². The first-order valence-electron chi connectivity index (χ1n) is 4.52. The Bertz CT molecular complexity index is 412. The number of amides is 1. The maximum absolute atomic E-state index is 11.8. The molecule has 3 nitrogen and oxygen atoms in total. The van der Waals surface area contributed by atoms with E-state index in [4.69, 9.17) is 28.3 Å². The average molecular weight is 374 g/mol. The van der Waals surface area contributed by atoms with Gasteiger partial charge in [0.25, 0.3) is 5.91 Å². The van der Waals surface area contributed by atoms with Crippen molar-refractivity contribution < 1.29 is 9.90 Å². The minimum absolute atomic E-state index is 0.114. The van der Waals surface area contributed by atoms with Crippen LogP contribution in [0.4, 0.5) is 0 Å². The summed E-state index contributed by atoms with van der Waals surface area (Å²) < 4.78 is 0.645. The highest BCUT2D eigenvalue weighted by Gasteiger charge is 2.15. The highest BCUT2D eigenvalue weighted by atomic mass is 127. The number of aliphatic hydroxyl groups excluding tert-OH is 1. The molecule has 1 unspecified atom stereocenters. The predicted molar refractivity (Wildman–Crippen MR) is 73.2 cm³/mol. The Balaban J connectivity index is 2.99. The van der Waals surface area contributed by atoms with E-state index in [-0.39, 0.29) is 18.6 Å². The van der Waals surface area contributed by atoms with Crippen LogP contribution in [-0.2, 0) is 0 Å². The van der Waals surface area contributed by atoms with Crippen molar-refractivity contribution in [3.05, 3.63) is 31.3 Å². The molecular formula is C10H10Cl2INO2. The zero-order chi connectivity index (χ0) is 12.3. The van der Waals surface area contributed by atoms with Crippen molar-refractivity contribution in [2.24, 2.45) is 0 Å². The largest absolute Gasteiger partial charge is 0.394 e. The normalized spacial score (nSPS) is 12.3. The number of hydrogen-bond donors (Lipinski definition) is 2. The smallest absolute Gasteiger partial charge is 0.252 e. The van der Waals surface area contributed by atoms with Gasteiger partial charge in [-0.05, 0) is 41.6 Å². The Kier molecular flexibility index (Phi) is 5.30. The van der Waals surface area contributed by atoms with Crippen LogP contribution < -0.4 is 5.32 Å². The number of aliphatic hydroxyl groups is 1. The molecule has 0 heterocycles. The molecule has 0 radical (unpaired) electrons. The summed E-state index contributed by atoms with van der Waals surface area (Å²) in [5, 5.41) is 12.3. The van der Waals surface area contributed by atoms with Crippen molar-refractivity contribution in [3.8, 4) is 0 Å². The van der Waals surface area contributed by atoms with E-state index in [1.54, 1.807) is 19.1 Å². The average Bonchev–Trinajstić information content (AvgIpc) is 2.22. The Morgan fingerprint density at radius 1 is 1.56 bits per heavy atom. The molecule has 0 saturated heterocycles. The lowest BCUT2D eigenvalue weighted by molar-refractivity contribution is 0.0921. The SMILES string of the molecule is CC(CO)NC(=O)c1cc(Cl)cc(Cl)c1I. The second kappa shape index (κ2) is 6.05. The molecule has 0 spiro atoms. The molecule has 1 aromatic rings. The summed E-state index contributed by atoms with van der Waals surface area (Å²) in [5.41, 5.74) is 0.415. The molecule has 0 saturated carbocycles. The van der Waals surface area contributed by atoms with E-state index in [0.29, 0.717) is 19.2 Å². The molecule has 0 aliphatic carbocycles. The zero-order valence-electron chi connectivity index (χ0n) is 8.43. The topological polar surface area (TPSA) is 49.3 Å². The van der Waals surface area contributed by atoms with E-state index in [1.807, 2.05) is 22.6 Å². The van der Waals surface area contributed by atoms with Crippen molar-refractivity contribution in [3.63, 3.8) is 0 Å². The van der Waals surface area contributed by atoms with Crippen LogP contribution in [0.5, 0.6) is 0 Å². The lowest BCUT2D eigenvalue weighted by Crippen LogP contribution is -2.35. The number of carbonyl (C=O) groups is 1. The molecule has 88 valence electrons. The molecular weight excluding hydrogens is 364 g/mol. The van der Waals surface area contributed by atoms with Gasteiger partial charge >= 0.3 is 0 Å². The second-order valence-corrected chi connectivity index (χ2v) is 5.23. The van der Waals surface area contributed by atoms with Crippen LogP contribution in [0.1, 0.15) is 17.3 Å². The summed E-state index contributed by atoms with van der Waals surface area (Å²) in [7, 11) is 0. The zero-order valence-corrected chi connectivity index (χ0v) is 12.1. The molecule has 0 aromatic heterocycles. The highest BCUT2D eigenvalue weighted by Crippen LogP contribution is 2.26. The minimum atomic E-state index is -0.305. The van der Waals surface area contributed by atoms with Crippen LogP contribution in [0.15, 0.2) is 12.1 Å². The fraction of sp³-hybridized carbons (Fsp3) is 0.300. The van der Waals surface area contributed by atoms with Gasteiger partial charge in [0, 0.05) is 14.6 Å². The molecule has 0 aliphatic rings. The predicted octanol–water partition coefficient (Wildman–Crippen LogP) is 2.71. The third-order valence-electron chi connectivity index (χ3n) is 1.89. The van der Waals surface area contributed by atoms with Gasteiger partial charge < -0.3 is 10.4 Å². The number of halogens is 3. The lowest BCUT2D eigenvalue weighted by atomic mass is 10.2. The van der Waals surface area contributed by atoms with Crippen LogP contribution in [0.3, 0.4) is 0 Å². The van der Waals surface area contributed by atoms with Gasteiger partial charge in [-0.15, -0.1) is 0 Å². The summed E-state index contributed by atoms with van der Waals surface area (Å²) in [5.74, 6) is -0.296. The van der Waals surface area contributed by atoms with Gasteiger partial charge in [0.1, 0.15) is 0 Å². The number of benzene rings is 1. The van der Waals surface area contributed by atoms with Gasteiger partial charge in [-0.3, -0.25) is 4.79 Å². The van der Waals surface area contributed by atoms with Crippen LogP contribution in [0.25, 0.3) is 0 Å². The van der Waals surface area contributed by atoms with Crippen molar-refractivity contribution >= 4 is 51.7 Å². The number of hydrogen-bond acceptors (Lipinski definition) is 2. The molecule has 0 fully saturated rings. The number of nitrogens with one attached hydrogen (secondary N) is 1. The summed E-state index contributed by atoms with van der Waals surface area (Å²) in [4.78, 5) is 11.8. The molecule has 16 heavy (non-hydrogen) atoms. The Morgan fingerprint density at radius 3 is 2.75 bits per heavy atom. The monoisotopic (exact) mass is 373 g/mol. The molecule has 2 N–H and O–H groups in total. The molecule has 1 rings (SSSR count). The van der Waals surface area contributed by atoms with E-state index < -0.39 is 0 Å². The molecule has 0 bridgehead atoms. The van der Waals surface area contributed by atoms with Crippen LogP contribution in [-0.4, -0.2) is 23.7 Å². The molecule has 0 aliphatic heterocycles. The molecule has 1 atom stereocenters. The van der Waals surface area contributed by atoms with Gasteiger partial charge in [-0.25, -0.2) is 0 Å². The Labute approximate surface area is 117 Å². The molecule has 1 amide bonds. The van der Waals surface area contributed by atoms with Crippen LogP contribution in [0.2, 0.25) is 10.0 Å². The lowest BCUT2D eigenvalue weighted by Gasteiger charge is -2.12. The van der Waals surface area contributed by atoms with Gasteiger partial charge in [-0.1, -0.05) is 23.2 Å². The number of rotatable bonds is 3. The summed E-state index contributed by atoms with van der Waals surface area (Å²) >= 11 is 13.7.